The van der Waals surface area contributed by atoms with E-state index in [1.807, 2.05) is 0 Å². The van der Waals surface area contributed by atoms with Gasteiger partial charge in [0.25, 0.3) is 5.91 Å². The Morgan fingerprint density at radius 2 is 2.07 bits per heavy atom. The van der Waals surface area contributed by atoms with Gasteiger partial charge in [-0.3, -0.25) is 9.59 Å². The molecule has 6 nitrogen and oxygen atoms in total. The monoisotopic (exact) mass is 422 g/mol. The van der Waals surface area contributed by atoms with Crippen LogP contribution in [0.25, 0.3) is 10.2 Å². The average molecular weight is 423 g/mol. The maximum Gasteiger partial charge on any atom is 0.307 e. The predicted molar refractivity (Wildman–Crippen MR) is 105 cm³/mol. The Hall–Kier alpha value is -2.35. The van der Waals surface area contributed by atoms with E-state index in [2.05, 4.69) is 4.98 Å². The molecule has 0 aliphatic carbocycles. The van der Waals surface area contributed by atoms with Crippen LogP contribution in [0.15, 0.2) is 36.4 Å². The fourth-order valence-electron chi connectivity index (χ4n) is 2.99. The number of amides is 1. The van der Waals surface area contributed by atoms with Crippen LogP contribution in [0.4, 0.5) is 10.8 Å². The first kappa shape index (κ1) is 18.0. The third-order valence-corrected chi connectivity index (χ3v) is 5.67. The van der Waals surface area contributed by atoms with Crippen LogP contribution < -0.4 is 9.64 Å². The van der Waals surface area contributed by atoms with Gasteiger partial charge < -0.3 is 9.84 Å². The molecule has 1 aliphatic rings. The van der Waals surface area contributed by atoms with E-state index in [-0.39, 0.29) is 0 Å². The van der Waals surface area contributed by atoms with Crippen molar-refractivity contribution in [1.29, 1.82) is 0 Å². The Balaban J connectivity index is 1.91. The molecule has 0 spiro atoms. The minimum absolute atomic E-state index is 0.367. The van der Waals surface area contributed by atoms with Gasteiger partial charge in [-0.1, -0.05) is 46.7 Å². The molecule has 0 bridgehead atoms. The number of carboxylic acids is 1. The van der Waals surface area contributed by atoms with Gasteiger partial charge in [0.05, 0.1) is 21.8 Å². The van der Waals surface area contributed by atoms with E-state index >= 15 is 0 Å². The Kier molecular flexibility index (Phi) is 4.25. The van der Waals surface area contributed by atoms with Crippen LogP contribution in [0.5, 0.6) is 5.75 Å². The van der Waals surface area contributed by atoms with E-state index in [9.17, 15) is 14.7 Å². The molecule has 1 N–H and O–H groups in total. The number of aromatic nitrogens is 1. The second-order valence-corrected chi connectivity index (χ2v) is 8.10. The van der Waals surface area contributed by atoms with E-state index in [1.165, 1.54) is 23.2 Å². The molecule has 1 atom stereocenters. The molecular weight excluding hydrogens is 411 g/mol. The van der Waals surface area contributed by atoms with Crippen molar-refractivity contribution in [1.82, 2.24) is 4.98 Å². The molecule has 1 unspecified atom stereocenters. The van der Waals surface area contributed by atoms with Crippen molar-refractivity contribution in [3.05, 3.63) is 46.4 Å². The van der Waals surface area contributed by atoms with Gasteiger partial charge >= 0.3 is 5.97 Å². The molecule has 1 amide bonds. The van der Waals surface area contributed by atoms with Crippen LogP contribution in [-0.2, 0) is 9.59 Å². The first-order valence-corrected chi connectivity index (χ1v) is 9.46. The zero-order valence-electron chi connectivity index (χ0n) is 13.9. The highest BCUT2D eigenvalue weighted by Crippen LogP contribution is 2.45. The fourth-order valence-corrected chi connectivity index (χ4v) is 4.69. The molecule has 0 saturated heterocycles. The Bertz CT molecular complexity index is 1100. The number of hydrogen-bond acceptors (Lipinski definition) is 5. The van der Waals surface area contributed by atoms with Crippen molar-refractivity contribution in [2.75, 3.05) is 4.90 Å². The number of fused-ring (bicyclic) bond motifs is 2. The molecule has 9 heteroatoms. The van der Waals surface area contributed by atoms with Crippen molar-refractivity contribution in [3.8, 4) is 5.75 Å². The first-order chi connectivity index (χ1) is 12.8. The summed E-state index contributed by atoms with van der Waals surface area (Å²) in [5.41, 5.74) is -0.538. The molecule has 2 heterocycles. The summed E-state index contributed by atoms with van der Waals surface area (Å²) in [6.07, 6.45) is -0.478. The number of aliphatic carboxylic acids is 1. The number of ether oxygens (including phenoxy) is 1. The van der Waals surface area contributed by atoms with Gasteiger partial charge in [-0.05, 0) is 31.2 Å². The Labute approximate surface area is 167 Å². The summed E-state index contributed by atoms with van der Waals surface area (Å²) >= 11 is 13.5. The van der Waals surface area contributed by atoms with E-state index in [0.717, 1.165) is 4.70 Å². The normalized spacial score (nSPS) is 19.1. The van der Waals surface area contributed by atoms with Gasteiger partial charge in [-0.25, -0.2) is 9.88 Å². The third kappa shape index (κ3) is 3.01. The molecule has 2 aromatic carbocycles. The number of para-hydroxylation sites is 2. The second kappa shape index (κ2) is 6.37. The molecule has 1 aliphatic heterocycles. The SMILES string of the molecule is CC1(CC(=O)O)Oc2ccccc2N(c2nc3c(Cl)cc(Cl)cc3s2)C1=O. The van der Waals surface area contributed by atoms with Crippen LogP contribution in [0.3, 0.4) is 0 Å². The van der Waals surface area contributed by atoms with Crippen molar-refractivity contribution < 1.29 is 19.4 Å². The van der Waals surface area contributed by atoms with E-state index in [0.29, 0.717) is 32.1 Å². The number of rotatable bonds is 3. The van der Waals surface area contributed by atoms with Crippen molar-refractivity contribution in [3.63, 3.8) is 0 Å². The molecule has 4 rings (SSSR count). The summed E-state index contributed by atoms with van der Waals surface area (Å²) in [7, 11) is 0. The summed E-state index contributed by atoms with van der Waals surface area (Å²) in [5.74, 6) is -1.24. The average Bonchev–Trinajstić information content (AvgIpc) is 2.99. The maximum atomic E-state index is 13.2. The Morgan fingerprint density at radius 3 is 2.81 bits per heavy atom. The summed E-state index contributed by atoms with van der Waals surface area (Å²) < 4.78 is 6.49. The molecule has 138 valence electrons. The molecule has 0 fully saturated rings. The standard InChI is InChI=1S/C18H12Cl2N2O4S/c1-18(8-14(23)24)16(25)22(11-4-2-3-5-12(11)26-18)17-21-15-10(20)6-9(19)7-13(15)27-17/h2-7H,8H2,1H3,(H,23,24). The number of anilines is 2. The number of nitrogens with zero attached hydrogens (tertiary/aromatic N) is 2. The molecule has 27 heavy (non-hydrogen) atoms. The summed E-state index contributed by atoms with van der Waals surface area (Å²) in [5, 5.41) is 10.4. The number of carbonyl (C=O) groups excluding carboxylic acids is 1. The quantitative estimate of drug-likeness (QED) is 0.649. The smallest absolute Gasteiger partial charge is 0.307 e. The number of benzene rings is 2. The number of thiazole rings is 1. The van der Waals surface area contributed by atoms with E-state index < -0.39 is 23.9 Å². The van der Waals surface area contributed by atoms with Crippen molar-refractivity contribution >= 4 is 67.5 Å². The highest BCUT2D eigenvalue weighted by Gasteiger charge is 2.47. The Morgan fingerprint density at radius 1 is 1.33 bits per heavy atom. The lowest BCUT2D eigenvalue weighted by Crippen LogP contribution is -2.53. The van der Waals surface area contributed by atoms with Crippen LogP contribution in [0.2, 0.25) is 10.0 Å². The van der Waals surface area contributed by atoms with Gasteiger partial charge in [-0.15, -0.1) is 0 Å². The van der Waals surface area contributed by atoms with E-state index in [1.54, 1.807) is 36.4 Å². The van der Waals surface area contributed by atoms with Crippen LogP contribution in [-0.4, -0.2) is 27.6 Å². The molecular formula is C18H12Cl2N2O4S. The lowest BCUT2D eigenvalue weighted by molar-refractivity contribution is -0.148. The molecule has 0 saturated carbocycles. The summed E-state index contributed by atoms with van der Waals surface area (Å²) in [6.45, 7) is 1.46. The number of carboxylic acid groups (broad SMARTS) is 1. The number of carbonyl (C=O) groups is 2. The molecule has 1 aromatic heterocycles. The summed E-state index contributed by atoms with van der Waals surface area (Å²) in [4.78, 5) is 30.4. The van der Waals surface area contributed by atoms with Crippen molar-refractivity contribution in [2.45, 2.75) is 18.9 Å². The summed E-state index contributed by atoms with van der Waals surface area (Å²) in [6, 6.07) is 10.2. The highest BCUT2D eigenvalue weighted by atomic mass is 35.5. The van der Waals surface area contributed by atoms with Crippen molar-refractivity contribution in [2.24, 2.45) is 0 Å². The van der Waals surface area contributed by atoms with Gasteiger partial charge in [-0.2, -0.15) is 0 Å². The number of hydrogen-bond donors (Lipinski definition) is 1. The topological polar surface area (TPSA) is 79.7 Å². The minimum Gasteiger partial charge on any atom is -0.481 e. The number of halogens is 2. The van der Waals surface area contributed by atoms with Gasteiger partial charge in [0.15, 0.2) is 10.7 Å². The van der Waals surface area contributed by atoms with Gasteiger partial charge in [0.1, 0.15) is 11.3 Å². The van der Waals surface area contributed by atoms with Gasteiger partial charge in [0, 0.05) is 5.02 Å². The third-order valence-electron chi connectivity index (χ3n) is 4.18. The van der Waals surface area contributed by atoms with Crippen LogP contribution in [0, 0.1) is 0 Å². The molecule has 3 aromatic rings. The van der Waals surface area contributed by atoms with Crippen LogP contribution >= 0.6 is 34.5 Å². The first-order valence-electron chi connectivity index (χ1n) is 7.88. The lowest BCUT2D eigenvalue weighted by atomic mass is 9.97. The fraction of sp³-hybridized carbons (Fsp3) is 0.167. The minimum atomic E-state index is -1.56. The lowest BCUT2D eigenvalue weighted by Gasteiger charge is -2.38. The maximum absolute atomic E-state index is 13.2. The zero-order chi connectivity index (χ0) is 19.3. The van der Waals surface area contributed by atoms with E-state index in [4.69, 9.17) is 27.9 Å². The zero-order valence-corrected chi connectivity index (χ0v) is 16.2. The van der Waals surface area contributed by atoms with Gasteiger partial charge in [0.2, 0.25) is 0 Å². The largest absolute Gasteiger partial charge is 0.481 e. The molecule has 0 radical (unpaired) electrons. The highest BCUT2D eigenvalue weighted by molar-refractivity contribution is 7.22. The predicted octanol–water partition coefficient (Wildman–Crippen LogP) is 4.89. The second-order valence-electron chi connectivity index (χ2n) is 6.24. The van der Waals surface area contributed by atoms with Crippen LogP contribution in [0.1, 0.15) is 13.3 Å².